The number of likely N-dealkylation sites (N-methyl/N-ethyl adjacent to an activating group) is 1. The third kappa shape index (κ3) is 3.27. The number of hydrogen-bond donors (Lipinski definition) is 1. The van der Waals surface area contributed by atoms with Gasteiger partial charge < -0.3 is 5.32 Å². The molecular weight excluding hydrogens is 230 g/mol. The average molecular weight is 253 g/mol. The molecule has 1 atom stereocenters. The Kier molecular flexibility index (Phi) is 4.54. The van der Waals surface area contributed by atoms with Crippen molar-refractivity contribution < 1.29 is 0 Å². The van der Waals surface area contributed by atoms with Crippen LogP contribution in [-0.2, 0) is 6.54 Å². The van der Waals surface area contributed by atoms with Crippen molar-refractivity contribution in [2.75, 3.05) is 19.6 Å². The third-order valence-electron chi connectivity index (χ3n) is 3.54. The predicted octanol–water partition coefficient (Wildman–Crippen LogP) is 2.33. The Bertz CT molecular complexity index is 342. The summed E-state index contributed by atoms with van der Waals surface area (Å²) < 4.78 is 0. The van der Waals surface area contributed by atoms with E-state index in [1.807, 2.05) is 11.3 Å². The van der Waals surface area contributed by atoms with Crippen LogP contribution in [0.15, 0.2) is 0 Å². The van der Waals surface area contributed by atoms with Crippen LogP contribution in [0.1, 0.15) is 35.3 Å². The van der Waals surface area contributed by atoms with Gasteiger partial charge in [-0.1, -0.05) is 6.92 Å². The summed E-state index contributed by atoms with van der Waals surface area (Å²) in [6.07, 6.45) is 2.66. The highest BCUT2D eigenvalue weighted by atomic mass is 32.1. The summed E-state index contributed by atoms with van der Waals surface area (Å²) in [4.78, 5) is 8.59. The molecule has 0 radical (unpaired) electrons. The summed E-state index contributed by atoms with van der Waals surface area (Å²) in [5.41, 5.74) is 1.20. The Hall–Kier alpha value is -0.450. The Morgan fingerprint density at radius 3 is 2.94 bits per heavy atom. The van der Waals surface area contributed by atoms with E-state index in [-0.39, 0.29) is 0 Å². The number of aryl methyl sites for hydroxylation is 2. The van der Waals surface area contributed by atoms with Crippen LogP contribution in [0.5, 0.6) is 0 Å². The highest BCUT2D eigenvalue weighted by Gasteiger charge is 2.24. The van der Waals surface area contributed by atoms with Gasteiger partial charge in [0.05, 0.1) is 12.2 Å². The fourth-order valence-corrected chi connectivity index (χ4v) is 3.39. The van der Waals surface area contributed by atoms with Crippen molar-refractivity contribution in [3.8, 4) is 0 Å². The topological polar surface area (TPSA) is 28.2 Å². The molecule has 3 nitrogen and oxygen atoms in total. The van der Waals surface area contributed by atoms with Crippen molar-refractivity contribution >= 4 is 11.3 Å². The standard InChI is InChI=1S/C13H23N3S/c1-4-14-8-12-6-5-7-16(12)9-13-15-10(2)11(3)17-13/h12,14H,4-9H2,1-3H3. The lowest BCUT2D eigenvalue weighted by Crippen LogP contribution is -2.37. The van der Waals surface area contributed by atoms with Gasteiger partial charge in [0.15, 0.2) is 0 Å². The molecule has 2 heterocycles. The monoisotopic (exact) mass is 253 g/mol. The molecule has 1 unspecified atom stereocenters. The van der Waals surface area contributed by atoms with E-state index in [1.54, 1.807) is 0 Å². The van der Waals surface area contributed by atoms with E-state index in [0.717, 1.165) is 19.6 Å². The maximum Gasteiger partial charge on any atom is 0.107 e. The first-order valence-corrected chi connectivity index (χ1v) is 7.40. The molecule has 1 aromatic rings. The maximum atomic E-state index is 4.64. The van der Waals surface area contributed by atoms with Crippen LogP contribution in [0.4, 0.5) is 0 Å². The molecule has 1 aliphatic rings. The molecule has 1 saturated heterocycles. The molecule has 0 saturated carbocycles. The summed E-state index contributed by atoms with van der Waals surface area (Å²) in [5, 5.41) is 4.74. The first-order valence-electron chi connectivity index (χ1n) is 6.58. The van der Waals surface area contributed by atoms with Gasteiger partial charge in [-0.05, 0) is 39.8 Å². The predicted molar refractivity (Wildman–Crippen MR) is 73.6 cm³/mol. The SMILES string of the molecule is CCNCC1CCCN1Cc1nc(C)c(C)s1. The molecule has 1 aromatic heterocycles. The second-order valence-electron chi connectivity index (χ2n) is 4.82. The van der Waals surface area contributed by atoms with Gasteiger partial charge in [0.25, 0.3) is 0 Å². The summed E-state index contributed by atoms with van der Waals surface area (Å²) in [6.45, 7) is 10.9. The molecule has 1 fully saturated rings. The normalized spacial score (nSPS) is 21.2. The number of rotatable bonds is 5. The second-order valence-corrected chi connectivity index (χ2v) is 6.11. The molecule has 4 heteroatoms. The van der Waals surface area contributed by atoms with Crippen molar-refractivity contribution in [2.45, 2.75) is 46.2 Å². The van der Waals surface area contributed by atoms with Gasteiger partial charge in [-0.3, -0.25) is 4.90 Å². The van der Waals surface area contributed by atoms with E-state index in [2.05, 4.69) is 36.0 Å². The van der Waals surface area contributed by atoms with Crippen LogP contribution in [-0.4, -0.2) is 35.6 Å². The lowest BCUT2D eigenvalue weighted by Gasteiger charge is -2.23. The first kappa shape index (κ1) is 13.0. The van der Waals surface area contributed by atoms with Crippen molar-refractivity contribution in [3.05, 3.63) is 15.6 Å². The maximum absolute atomic E-state index is 4.64. The fourth-order valence-electron chi connectivity index (χ4n) is 2.43. The second kappa shape index (κ2) is 5.94. The van der Waals surface area contributed by atoms with Gasteiger partial charge in [0.2, 0.25) is 0 Å². The fraction of sp³-hybridized carbons (Fsp3) is 0.769. The minimum absolute atomic E-state index is 0.708. The van der Waals surface area contributed by atoms with Crippen molar-refractivity contribution in [1.82, 2.24) is 15.2 Å². The van der Waals surface area contributed by atoms with Crippen LogP contribution in [0, 0.1) is 13.8 Å². The lowest BCUT2D eigenvalue weighted by molar-refractivity contribution is 0.240. The molecule has 2 rings (SSSR count). The summed E-state index contributed by atoms with van der Waals surface area (Å²) in [7, 11) is 0. The van der Waals surface area contributed by atoms with Gasteiger partial charge in [0.1, 0.15) is 5.01 Å². The smallest absolute Gasteiger partial charge is 0.107 e. The van der Waals surface area contributed by atoms with Crippen LogP contribution in [0.2, 0.25) is 0 Å². The summed E-state index contributed by atoms with van der Waals surface area (Å²) >= 11 is 1.85. The van der Waals surface area contributed by atoms with Gasteiger partial charge in [-0.2, -0.15) is 0 Å². The van der Waals surface area contributed by atoms with Gasteiger partial charge in [-0.15, -0.1) is 11.3 Å². The first-order chi connectivity index (χ1) is 8.20. The number of nitrogens with one attached hydrogen (secondary N) is 1. The number of aromatic nitrogens is 1. The molecule has 1 N–H and O–H groups in total. The van der Waals surface area contributed by atoms with Crippen LogP contribution in [0.25, 0.3) is 0 Å². The molecular formula is C13H23N3S. The number of hydrogen-bond acceptors (Lipinski definition) is 4. The lowest BCUT2D eigenvalue weighted by atomic mass is 10.2. The molecule has 17 heavy (non-hydrogen) atoms. The van der Waals surface area contributed by atoms with Gasteiger partial charge in [0, 0.05) is 17.5 Å². The molecule has 96 valence electrons. The van der Waals surface area contributed by atoms with Crippen molar-refractivity contribution in [2.24, 2.45) is 0 Å². The van der Waals surface area contributed by atoms with Gasteiger partial charge in [-0.25, -0.2) is 4.98 Å². The zero-order valence-electron chi connectivity index (χ0n) is 11.1. The highest BCUT2D eigenvalue weighted by Crippen LogP contribution is 2.23. The summed E-state index contributed by atoms with van der Waals surface area (Å²) in [5.74, 6) is 0. The third-order valence-corrected chi connectivity index (χ3v) is 4.60. The molecule has 0 aliphatic carbocycles. The Morgan fingerprint density at radius 2 is 2.29 bits per heavy atom. The van der Waals surface area contributed by atoms with E-state index in [4.69, 9.17) is 0 Å². The minimum Gasteiger partial charge on any atom is -0.315 e. The van der Waals surface area contributed by atoms with E-state index in [9.17, 15) is 0 Å². The van der Waals surface area contributed by atoms with E-state index in [1.165, 1.54) is 35.0 Å². The molecule has 1 aliphatic heterocycles. The zero-order valence-corrected chi connectivity index (χ0v) is 11.9. The zero-order chi connectivity index (χ0) is 12.3. The van der Waals surface area contributed by atoms with E-state index in [0.29, 0.717) is 6.04 Å². The summed E-state index contributed by atoms with van der Waals surface area (Å²) in [6, 6.07) is 0.708. The molecule has 0 aromatic carbocycles. The quantitative estimate of drug-likeness (QED) is 0.873. The highest BCUT2D eigenvalue weighted by molar-refractivity contribution is 7.11. The molecule has 0 bridgehead atoms. The van der Waals surface area contributed by atoms with Gasteiger partial charge >= 0.3 is 0 Å². The average Bonchev–Trinajstić information content (AvgIpc) is 2.85. The number of likely N-dealkylation sites (tertiary alicyclic amines) is 1. The van der Waals surface area contributed by atoms with Crippen LogP contribution < -0.4 is 5.32 Å². The Morgan fingerprint density at radius 1 is 1.47 bits per heavy atom. The van der Waals surface area contributed by atoms with E-state index < -0.39 is 0 Å². The van der Waals surface area contributed by atoms with Crippen molar-refractivity contribution in [3.63, 3.8) is 0 Å². The number of thiazole rings is 1. The molecule has 0 amide bonds. The van der Waals surface area contributed by atoms with Crippen molar-refractivity contribution in [1.29, 1.82) is 0 Å². The Balaban J connectivity index is 1.93. The Labute approximate surface area is 108 Å². The minimum atomic E-state index is 0.708. The van der Waals surface area contributed by atoms with Crippen LogP contribution >= 0.6 is 11.3 Å². The van der Waals surface area contributed by atoms with E-state index >= 15 is 0 Å². The molecule has 0 spiro atoms. The largest absolute Gasteiger partial charge is 0.315 e. The van der Waals surface area contributed by atoms with Crippen LogP contribution in [0.3, 0.4) is 0 Å². The number of nitrogens with zero attached hydrogens (tertiary/aromatic N) is 2.